The Labute approximate surface area is 189 Å². The molecule has 4 rings (SSSR count). The molecule has 2 fully saturated rings. The molecule has 0 aliphatic carbocycles. The molecular formula is C22H28F3N3O5. The molecule has 1 aromatic carbocycles. The third-order valence-corrected chi connectivity index (χ3v) is 6.30. The number of aliphatic carboxylic acids is 1. The van der Waals surface area contributed by atoms with Gasteiger partial charge >= 0.3 is 12.1 Å². The molecule has 0 spiro atoms. The lowest BCUT2D eigenvalue weighted by molar-refractivity contribution is -0.153. The number of carboxylic acid groups (broad SMARTS) is 1. The first-order valence-electron chi connectivity index (χ1n) is 11.2. The molecule has 0 radical (unpaired) electrons. The van der Waals surface area contributed by atoms with Crippen LogP contribution >= 0.6 is 0 Å². The third kappa shape index (κ3) is 6.29. The lowest BCUT2D eigenvalue weighted by Gasteiger charge is -2.36. The number of anilines is 1. The highest BCUT2D eigenvalue weighted by molar-refractivity contribution is 5.93. The molecule has 0 bridgehead atoms. The minimum Gasteiger partial charge on any atom is -0.483 e. The summed E-state index contributed by atoms with van der Waals surface area (Å²) in [7, 11) is 0. The minimum atomic E-state index is -4.43. The van der Waals surface area contributed by atoms with Crippen LogP contribution < -0.4 is 10.1 Å². The van der Waals surface area contributed by atoms with Gasteiger partial charge in [0, 0.05) is 19.7 Å². The molecule has 33 heavy (non-hydrogen) atoms. The average molecular weight is 471 g/mol. The first-order chi connectivity index (χ1) is 15.8. The number of ether oxygens (including phenoxy) is 2. The van der Waals surface area contributed by atoms with Crippen LogP contribution in [0.1, 0.15) is 25.7 Å². The van der Waals surface area contributed by atoms with E-state index in [1.165, 1.54) is 6.07 Å². The largest absolute Gasteiger partial charge is 0.483 e. The molecule has 0 saturated carbocycles. The van der Waals surface area contributed by atoms with Crippen molar-refractivity contribution in [1.82, 2.24) is 10.1 Å². The smallest absolute Gasteiger partial charge is 0.422 e. The Morgan fingerprint density at radius 2 is 2.06 bits per heavy atom. The van der Waals surface area contributed by atoms with E-state index < -0.39 is 18.8 Å². The average Bonchev–Trinajstić information content (AvgIpc) is 3.21. The van der Waals surface area contributed by atoms with Crippen LogP contribution in [0, 0.1) is 11.8 Å². The van der Waals surface area contributed by atoms with Crippen molar-refractivity contribution in [2.45, 2.75) is 38.0 Å². The highest BCUT2D eigenvalue weighted by Gasteiger charge is 2.31. The topological polar surface area (TPSA) is 97.1 Å². The molecule has 0 amide bonds. The van der Waals surface area contributed by atoms with Crippen molar-refractivity contribution >= 4 is 22.8 Å². The number of carboxylic acids is 1. The van der Waals surface area contributed by atoms with Gasteiger partial charge < -0.3 is 29.3 Å². The summed E-state index contributed by atoms with van der Waals surface area (Å²) in [4.78, 5) is 13.5. The van der Waals surface area contributed by atoms with Crippen LogP contribution in [0.2, 0.25) is 0 Å². The van der Waals surface area contributed by atoms with Gasteiger partial charge in [-0.15, -0.1) is 0 Å². The summed E-state index contributed by atoms with van der Waals surface area (Å²) in [5.41, 5.74) is 0.360. The lowest BCUT2D eigenvalue weighted by Crippen LogP contribution is -2.43. The molecular weight excluding hydrogens is 443 g/mol. The van der Waals surface area contributed by atoms with E-state index in [0.29, 0.717) is 48.7 Å². The number of halogens is 3. The SMILES string of the molecule is O=C(O)C1CCOC(CN2CCC(CNc3noc4cccc(OCC(F)(F)F)c34)CC2)C1. The van der Waals surface area contributed by atoms with Crippen molar-refractivity contribution in [3.63, 3.8) is 0 Å². The predicted molar refractivity (Wildman–Crippen MR) is 113 cm³/mol. The fourth-order valence-corrected chi connectivity index (χ4v) is 4.50. The molecule has 1 aromatic heterocycles. The number of benzene rings is 1. The summed E-state index contributed by atoms with van der Waals surface area (Å²) < 4.78 is 53.7. The summed E-state index contributed by atoms with van der Waals surface area (Å²) in [6.07, 6.45) is -1.48. The second kappa shape index (κ2) is 10.2. The molecule has 2 N–H and O–H groups in total. The van der Waals surface area contributed by atoms with Gasteiger partial charge in [-0.05, 0) is 56.8 Å². The summed E-state index contributed by atoms with van der Waals surface area (Å²) in [6.45, 7) is 2.21. The molecule has 11 heteroatoms. The number of hydrogen-bond acceptors (Lipinski definition) is 7. The zero-order valence-corrected chi connectivity index (χ0v) is 18.1. The summed E-state index contributed by atoms with van der Waals surface area (Å²) >= 11 is 0. The zero-order valence-electron chi connectivity index (χ0n) is 18.1. The van der Waals surface area contributed by atoms with E-state index in [0.717, 1.165) is 32.5 Å². The van der Waals surface area contributed by atoms with Crippen molar-refractivity contribution in [1.29, 1.82) is 0 Å². The number of fused-ring (bicyclic) bond motifs is 1. The Hall–Kier alpha value is -2.53. The van der Waals surface area contributed by atoms with Gasteiger partial charge in [0.2, 0.25) is 0 Å². The summed E-state index contributed by atoms with van der Waals surface area (Å²) in [6, 6.07) is 4.67. The van der Waals surface area contributed by atoms with E-state index in [2.05, 4.69) is 15.4 Å². The molecule has 2 aliphatic heterocycles. The maximum Gasteiger partial charge on any atom is 0.422 e. The molecule has 2 aromatic rings. The number of alkyl halides is 3. The second-order valence-corrected chi connectivity index (χ2v) is 8.74. The number of carbonyl (C=O) groups is 1. The van der Waals surface area contributed by atoms with Gasteiger partial charge in [-0.1, -0.05) is 11.2 Å². The first-order valence-corrected chi connectivity index (χ1v) is 11.2. The van der Waals surface area contributed by atoms with Gasteiger partial charge in [0.15, 0.2) is 18.0 Å². The number of nitrogens with zero attached hydrogens (tertiary/aromatic N) is 2. The number of piperidine rings is 1. The Bertz CT molecular complexity index is 943. The lowest BCUT2D eigenvalue weighted by atomic mass is 9.93. The van der Waals surface area contributed by atoms with Crippen molar-refractivity contribution < 1.29 is 37.1 Å². The van der Waals surface area contributed by atoms with E-state index in [9.17, 15) is 23.1 Å². The van der Waals surface area contributed by atoms with Crippen LogP contribution in [0.15, 0.2) is 22.7 Å². The van der Waals surface area contributed by atoms with Gasteiger partial charge in [-0.25, -0.2) is 0 Å². The predicted octanol–water partition coefficient (Wildman–Crippen LogP) is 3.77. The maximum absolute atomic E-state index is 12.6. The number of hydrogen-bond donors (Lipinski definition) is 2. The fraction of sp³-hybridized carbons (Fsp3) is 0.636. The van der Waals surface area contributed by atoms with Crippen molar-refractivity contribution in [2.24, 2.45) is 11.8 Å². The van der Waals surface area contributed by atoms with Gasteiger partial charge in [-0.3, -0.25) is 4.79 Å². The number of aromatic nitrogens is 1. The van der Waals surface area contributed by atoms with Gasteiger partial charge in [0.1, 0.15) is 11.1 Å². The van der Waals surface area contributed by atoms with E-state index in [-0.39, 0.29) is 17.8 Å². The first kappa shape index (κ1) is 23.6. The summed E-state index contributed by atoms with van der Waals surface area (Å²) in [5.74, 6) is -0.250. The van der Waals surface area contributed by atoms with Crippen molar-refractivity contribution in [3.8, 4) is 5.75 Å². The highest BCUT2D eigenvalue weighted by Crippen LogP contribution is 2.33. The van der Waals surface area contributed by atoms with Gasteiger partial charge in [0.25, 0.3) is 0 Å². The Morgan fingerprint density at radius 3 is 2.79 bits per heavy atom. The van der Waals surface area contributed by atoms with E-state index in [1.54, 1.807) is 12.1 Å². The number of rotatable bonds is 8. The van der Waals surface area contributed by atoms with E-state index in [1.807, 2.05) is 0 Å². The normalized spacial score (nSPS) is 23.0. The maximum atomic E-state index is 12.6. The Balaban J connectivity index is 1.27. The van der Waals surface area contributed by atoms with Crippen molar-refractivity contribution in [2.75, 3.05) is 44.7 Å². The molecule has 2 saturated heterocycles. The van der Waals surface area contributed by atoms with E-state index >= 15 is 0 Å². The third-order valence-electron chi connectivity index (χ3n) is 6.30. The van der Waals surface area contributed by atoms with Gasteiger partial charge in [-0.2, -0.15) is 13.2 Å². The van der Waals surface area contributed by atoms with E-state index in [4.69, 9.17) is 14.0 Å². The minimum absolute atomic E-state index is 0.0499. The van der Waals surface area contributed by atoms with Gasteiger partial charge in [0.05, 0.1) is 12.0 Å². The summed E-state index contributed by atoms with van der Waals surface area (Å²) in [5, 5.41) is 16.8. The molecule has 2 aliphatic rings. The molecule has 8 nitrogen and oxygen atoms in total. The van der Waals surface area contributed by atoms with Crippen LogP contribution in [0.25, 0.3) is 11.0 Å². The molecule has 2 atom stereocenters. The fourth-order valence-electron chi connectivity index (χ4n) is 4.50. The zero-order chi connectivity index (χ0) is 23.4. The van der Waals surface area contributed by atoms with Crippen LogP contribution in [-0.4, -0.2) is 72.8 Å². The highest BCUT2D eigenvalue weighted by atomic mass is 19.4. The molecule has 182 valence electrons. The van der Waals surface area contributed by atoms with Crippen LogP contribution in [0.5, 0.6) is 5.75 Å². The number of likely N-dealkylation sites (tertiary alicyclic amines) is 1. The molecule has 3 heterocycles. The van der Waals surface area contributed by atoms with Crippen LogP contribution in [0.4, 0.5) is 19.0 Å². The molecule has 2 unspecified atom stereocenters. The van der Waals surface area contributed by atoms with Crippen LogP contribution in [-0.2, 0) is 9.53 Å². The van der Waals surface area contributed by atoms with Crippen molar-refractivity contribution in [3.05, 3.63) is 18.2 Å². The monoisotopic (exact) mass is 471 g/mol. The Morgan fingerprint density at radius 1 is 1.27 bits per heavy atom. The second-order valence-electron chi connectivity index (χ2n) is 8.74. The number of nitrogens with one attached hydrogen (secondary N) is 1. The Kier molecular flexibility index (Phi) is 7.28. The standard InChI is InChI=1S/C22H28F3N3O5/c23-22(24,25)13-32-17-2-1-3-18-19(17)20(27-33-18)26-11-14-4-7-28(8-5-14)12-16-10-15(21(29)30)6-9-31-16/h1-3,14-16H,4-13H2,(H,26,27)(H,29,30). The van der Waals surface area contributed by atoms with Crippen LogP contribution in [0.3, 0.4) is 0 Å². The quantitative estimate of drug-likeness (QED) is 0.601.